The van der Waals surface area contributed by atoms with Gasteiger partial charge in [0.05, 0.1) is 5.69 Å². The Kier molecular flexibility index (Phi) is 6.39. The molecule has 27 heavy (non-hydrogen) atoms. The minimum Gasteiger partial charge on any atom is -0.451 e. The summed E-state index contributed by atoms with van der Waals surface area (Å²) < 4.78 is 40.6. The van der Waals surface area contributed by atoms with Crippen LogP contribution in [-0.2, 0) is 9.53 Å². The number of halogens is 3. The first-order chi connectivity index (χ1) is 12.7. The number of hydrogen-bond acceptors (Lipinski definition) is 8. The zero-order valence-electron chi connectivity index (χ0n) is 13.7. The normalized spacial score (nSPS) is 11.0. The van der Waals surface area contributed by atoms with Crippen LogP contribution in [0.3, 0.4) is 0 Å². The molecule has 0 saturated heterocycles. The molecule has 9 nitrogen and oxygen atoms in total. The molecule has 0 bridgehead atoms. The predicted molar refractivity (Wildman–Crippen MR) is 85.8 cm³/mol. The highest BCUT2D eigenvalue weighted by Crippen LogP contribution is 2.25. The van der Waals surface area contributed by atoms with E-state index in [0.717, 1.165) is 11.3 Å². The van der Waals surface area contributed by atoms with E-state index < -0.39 is 37.2 Å². The van der Waals surface area contributed by atoms with E-state index in [1.54, 1.807) is 18.3 Å². The summed E-state index contributed by atoms with van der Waals surface area (Å²) >= 11 is 0.950. The van der Waals surface area contributed by atoms with Gasteiger partial charge in [0.2, 0.25) is 0 Å². The van der Waals surface area contributed by atoms with E-state index in [1.165, 1.54) is 17.7 Å². The highest BCUT2D eigenvalue weighted by atomic mass is 32.1. The summed E-state index contributed by atoms with van der Waals surface area (Å²) in [6.07, 6.45) is -1.60. The molecule has 0 atom stereocenters. The number of alkyl halides is 3. The lowest BCUT2D eigenvalue weighted by molar-refractivity contribution is -0.125. The number of ether oxygens (including phenoxy) is 1. The molecule has 0 aromatic carbocycles. The van der Waals surface area contributed by atoms with Crippen molar-refractivity contribution < 1.29 is 32.3 Å². The average molecular weight is 403 g/mol. The van der Waals surface area contributed by atoms with Crippen molar-refractivity contribution in [3.05, 3.63) is 29.0 Å². The van der Waals surface area contributed by atoms with Gasteiger partial charge in [-0.3, -0.25) is 10.1 Å². The van der Waals surface area contributed by atoms with E-state index in [2.05, 4.69) is 15.0 Å². The number of amides is 3. The van der Waals surface area contributed by atoms with Gasteiger partial charge in [-0.1, -0.05) is 0 Å². The standard InChI is InChI=1S/C14H12F3N5O4S/c1-7-9(27-11(21-7)10-18-3-2-4-19-10)12(24)26-5-8(23)22-13(25)20-6-14(15,16)17/h2-4H,5-6H2,1H3,(H2,20,22,23,25). The Morgan fingerprint density at radius 1 is 1.22 bits per heavy atom. The number of imide groups is 1. The summed E-state index contributed by atoms with van der Waals surface area (Å²) in [5, 5.41) is 3.42. The summed E-state index contributed by atoms with van der Waals surface area (Å²) in [5.74, 6) is -1.65. The molecule has 2 aromatic heterocycles. The van der Waals surface area contributed by atoms with Gasteiger partial charge < -0.3 is 10.1 Å². The highest BCUT2D eigenvalue weighted by Gasteiger charge is 2.28. The third-order valence-electron chi connectivity index (χ3n) is 2.78. The van der Waals surface area contributed by atoms with Crippen molar-refractivity contribution in [2.75, 3.05) is 13.2 Å². The number of rotatable bonds is 5. The Hall–Kier alpha value is -3.09. The van der Waals surface area contributed by atoms with Crippen molar-refractivity contribution >= 4 is 29.2 Å². The van der Waals surface area contributed by atoms with Gasteiger partial charge in [-0.2, -0.15) is 13.2 Å². The Morgan fingerprint density at radius 3 is 2.52 bits per heavy atom. The third-order valence-corrected chi connectivity index (χ3v) is 3.91. The topological polar surface area (TPSA) is 123 Å². The molecule has 2 rings (SSSR count). The van der Waals surface area contributed by atoms with Crippen LogP contribution in [0.4, 0.5) is 18.0 Å². The van der Waals surface area contributed by atoms with Gasteiger partial charge in [0.1, 0.15) is 11.4 Å². The van der Waals surface area contributed by atoms with Crippen molar-refractivity contribution in [1.82, 2.24) is 25.6 Å². The van der Waals surface area contributed by atoms with Crippen LogP contribution in [-0.4, -0.2) is 52.2 Å². The molecule has 0 unspecified atom stereocenters. The lowest BCUT2D eigenvalue weighted by Gasteiger charge is -2.09. The maximum atomic E-state index is 12.0. The summed E-state index contributed by atoms with van der Waals surface area (Å²) in [5.41, 5.74) is 0.329. The van der Waals surface area contributed by atoms with Crippen LogP contribution in [0.15, 0.2) is 18.5 Å². The van der Waals surface area contributed by atoms with E-state index in [4.69, 9.17) is 4.74 Å². The molecule has 0 radical (unpaired) electrons. The van der Waals surface area contributed by atoms with Gasteiger partial charge >= 0.3 is 18.2 Å². The van der Waals surface area contributed by atoms with Crippen molar-refractivity contribution in [2.24, 2.45) is 0 Å². The molecule has 0 spiro atoms. The maximum absolute atomic E-state index is 12.0. The summed E-state index contributed by atoms with van der Waals surface area (Å²) in [6.45, 7) is -0.909. The number of nitrogens with zero attached hydrogens (tertiary/aromatic N) is 3. The second-order valence-corrected chi connectivity index (χ2v) is 5.93. The largest absolute Gasteiger partial charge is 0.451 e. The molecular formula is C14H12F3N5O4S. The first-order valence-corrected chi connectivity index (χ1v) is 8.04. The second kappa shape index (κ2) is 8.53. The average Bonchev–Trinajstić information content (AvgIpc) is 3.00. The van der Waals surface area contributed by atoms with Gasteiger partial charge in [0.25, 0.3) is 5.91 Å². The van der Waals surface area contributed by atoms with Crippen LogP contribution in [0.2, 0.25) is 0 Å². The second-order valence-electron chi connectivity index (χ2n) is 4.93. The molecule has 144 valence electrons. The van der Waals surface area contributed by atoms with Gasteiger partial charge in [-0.05, 0) is 13.0 Å². The van der Waals surface area contributed by atoms with Crippen molar-refractivity contribution in [3.8, 4) is 10.8 Å². The van der Waals surface area contributed by atoms with E-state index in [0.29, 0.717) is 16.5 Å². The number of aromatic nitrogens is 3. The molecule has 0 aliphatic carbocycles. The molecule has 13 heteroatoms. The summed E-state index contributed by atoms with van der Waals surface area (Å²) in [7, 11) is 0. The van der Waals surface area contributed by atoms with Crippen LogP contribution < -0.4 is 10.6 Å². The Bertz CT molecular complexity index is 841. The van der Waals surface area contributed by atoms with Gasteiger partial charge in [-0.25, -0.2) is 24.5 Å². The number of nitrogens with one attached hydrogen (secondary N) is 2. The van der Waals surface area contributed by atoms with Crippen LogP contribution >= 0.6 is 11.3 Å². The van der Waals surface area contributed by atoms with Crippen molar-refractivity contribution in [1.29, 1.82) is 0 Å². The van der Waals surface area contributed by atoms with Crippen LogP contribution in [0.5, 0.6) is 0 Å². The molecule has 2 aromatic rings. The fourth-order valence-corrected chi connectivity index (χ4v) is 2.58. The predicted octanol–water partition coefficient (Wildman–Crippen LogP) is 1.45. The number of carbonyl (C=O) groups excluding carboxylic acids is 3. The minimum absolute atomic E-state index is 0.103. The monoisotopic (exact) mass is 403 g/mol. The van der Waals surface area contributed by atoms with Gasteiger partial charge in [-0.15, -0.1) is 11.3 Å². The lowest BCUT2D eigenvalue weighted by Crippen LogP contribution is -2.44. The van der Waals surface area contributed by atoms with Gasteiger partial charge in [0.15, 0.2) is 17.4 Å². The Morgan fingerprint density at radius 2 is 1.89 bits per heavy atom. The first kappa shape index (κ1) is 20.2. The smallest absolute Gasteiger partial charge is 0.405 e. The first-order valence-electron chi connectivity index (χ1n) is 7.22. The summed E-state index contributed by atoms with van der Waals surface area (Å²) in [6, 6.07) is 0.258. The maximum Gasteiger partial charge on any atom is 0.405 e. The van der Waals surface area contributed by atoms with E-state index >= 15 is 0 Å². The van der Waals surface area contributed by atoms with E-state index in [1.807, 2.05) is 0 Å². The highest BCUT2D eigenvalue weighted by molar-refractivity contribution is 7.16. The lowest BCUT2D eigenvalue weighted by atomic mass is 10.4. The zero-order valence-corrected chi connectivity index (χ0v) is 14.5. The third kappa shape index (κ3) is 6.29. The summed E-state index contributed by atoms with van der Waals surface area (Å²) in [4.78, 5) is 46.9. The molecule has 2 N–H and O–H groups in total. The Balaban J connectivity index is 1.88. The molecule has 0 aliphatic heterocycles. The number of thiazole rings is 1. The van der Waals surface area contributed by atoms with E-state index in [-0.39, 0.29) is 4.88 Å². The molecule has 0 saturated carbocycles. The molecule has 3 amide bonds. The molecule has 2 heterocycles. The minimum atomic E-state index is -4.61. The SMILES string of the molecule is Cc1nc(-c2ncccn2)sc1C(=O)OCC(=O)NC(=O)NCC(F)(F)F. The van der Waals surface area contributed by atoms with Crippen molar-refractivity contribution in [3.63, 3.8) is 0 Å². The Labute approximate surface area is 154 Å². The number of carbonyl (C=O) groups is 3. The number of urea groups is 1. The van der Waals surface area contributed by atoms with E-state index in [9.17, 15) is 27.6 Å². The molecular weight excluding hydrogens is 391 g/mol. The zero-order chi connectivity index (χ0) is 20.0. The molecule has 0 fully saturated rings. The fraction of sp³-hybridized carbons (Fsp3) is 0.286. The van der Waals surface area contributed by atoms with Crippen LogP contribution in [0.1, 0.15) is 15.4 Å². The van der Waals surface area contributed by atoms with Crippen LogP contribution in [0.25, 0.3) is 10.8 Å². The molecule has 0 aliphatic rings. The number of hydrogen-bond donors (Lipinski definition) is 2. The fourth-order valence-electron chi connectivity index (χ4n) is 1.68. The number of aryl methyl sites for hydroxylation is 1. The van der Waals surface area contributed by atoms with Crippen molar-refractivity contribution in [2.45, 2.75) is 13.1 Å². The quantitative estimate of drug-likeness (QED) is 0.725. The van der Waals surface area contributed by atoms with Crippen LogP contribution in [0, 0.1) is 6.92 Å². The van der Waals surface area contributed by atoms with Gasteiger partial charge in [0, 0.05) is 12.4 Å². The number of esters is 1.